The molecular weight excluding hydrogens is 310 g/mol. The third-order valence-corrected chi connectivity index (χ3v) is 4.48. The molecule has 0 aliphatic rings. The largest absolute Gasteiger partial charge is 0.356 e. The summed E-state index contributed by atoms with van der Waals surface area (Å²) < 4.78 is 1.95. The molecular formula is C20H31N5. The molecule has 1 aromatic heterocycles. The monoisotopic (exact) mass is 341 g/mol. The molecule has 1 aromatic carbocycles. The quantitative estimate of drug-likeness (QED) is 0.441. The van der Waals surface area contributed by atoms with E-state index in [1.54, 1.807) is 0 Å². The van der Waals surface area contributed by atoms with Crippen molar-refractivity contribution in [2.45, 2.75) is 45.6 Å². The standard InChI is InChI=1S/C20H31N5/c1-5-17-8-10-18(11-9-17)20(2,3)16-23-19(21-4)22-12-6-14-25-15-7-13-24-25/h7-11,13,15H,5-6,12,14,16H2,1-4H3,(H2,21,22,23). The van der Waals surface area contributed by atoms with Crippen molar-refractivity contribution in [1.82, 2.24) is 20.4 Å². The number of benzene rings is 1. The smallest absolute Gasteiger partial charge is 0.191 e. The minimum absolute atomic E-state index is 0.0406. The first kappa shape index (κ1) is 19.0. The van der Waals surface area contributed by atoms with E-state index >= 15 is 0 Å². The van der Waals surface area contributed by atoms with E-state index in [9.17, 15) is 0 Å². The van der Waals surface area contributed by atoms with E-state index in [-0.39, 0.29) is 5.41 Å². The molecule has 0 saturated heterocycles. The fourth-order valence-corrected chi connectivity index (χ4v) is 2.70. The molecule has 0 bridgehead atoms. The second-order valence-corrected chi connectivity index (χ2v) is 6.91. The molecule has 0 aliphatic carbocycles. The predicted octanol–water partition coefficient (Wildman–Crippen LogP) is 2.98. The Bertz CT molecular complexity index is 641. The van der Waals surface area contributed by atoms with Crippen molar-refractivity contribution < 1.29 is 0 Å². The zero-order valence-corrected chi connectivity index (χ0v) is 15.9. The lowest BCUT2D eigenvalue weighted by Gasteiger charge is -2.27. The summed E-state index contributed by atoms with van der Waals surface area (Å²) in [5, 5.41) is 11.0. The summed E-state index contributed by atoms with van der Waals surface area (Å²) in [7, 11) is 1.81. The maximum absolute atomic E-state index is 4.32. The minimum Gasteiger partial charge on any atom is -0.356 e. The van der Waals surface area contributed by atoms with Gasteiger partial charge in [0.25, 0.3) is 0 Å². The highest BCUT2D eigenvalue weighted by atomic mass is 15.3. The van der Waals surface area contributed by atoms with E-state index in [4.69, 9.17) is 0 Å². The maximum Gasteiger partial charge on any atom is 0.191 e. The lowest BCUT2D eigenvalue weighted by molar-refractivity contribution is 0.506. The first-order valence-corrected chi connectivity index (χ1v) is 9.06. The molecule has 2 N–H and O–H groups in total. The van der Waals surface area contributed by atoms with Crippen molar-refractivity contribution in [3.8, 4) is 0 Å². The number of hydrogen-bond acceptors (Lipinski definition) is 2. The van der Waals surface area contributed by atoms with Crippen LogP contribution in [0.4, 0.5) is 0 Å². The summed E-state index contributed by atoms with van der Waals surface area (Å²) in [4.78, 5) is 4.32. The third-order valence-electron chi connectivity index (χ3n) is 4.48. The summed E-state index contributed by atoms with van der Waals surface area (Å²) in [6.45, 7) is 9.30. The second-order valence-electron chi connectivity index (χ2n) is 6.91. The summed E-state index contributed by atoms with van der Waals surface area (Å²) in [5.41, 5.74) is 2.76. The highest BCUT2D eigenvalue weighted by Gasteiger charge is 2.20. The van der Waals surface area contributed by atoms with Gasteiger partial charge >= 0.3 is 0 Å². The molecule has 5 nitrogen and oxygen atoms in total. The van der Waals surface area contributed by atoms with Gasteiger partial charge in [-0.15, -0.1) is 0 Å². The van der Waals surface area contributed by atoms with Crippen LogP contribution in [0.5, 0.6) is 0 Å². The number of aliphatic imine (C=N–C) groups is 1. The average molecular weight is 342 g/mol. The summed E-state index contributed by atoms with van der Waals surface area (Å²) in [6, 6.07) is 10.9. The number of nitrogens with zero attached hydrogens (tertiary/aromatic N) is 3. The molecule has 0 saturated carbocycles. The average Bonchev–Trinajstić information content (AvgIpc) is 3.14. The summed E-state index contributed by atoms with van der Waals surface area (Å²) in [5.74, 6) is 0.846. The van der Waals surface area contributed by atoms with Gasteiger partial charge in [-0.25, -0.2) is 0 Å². The lowest BCUT2D eigenvalue weighted by Crippen LogP contribution is -2.43. The number of hydrogen-bond donors (Lipinski definition) is 2. The number of rotatable bonds is 8. The van der Waals surface area contributed by atoms with E-state index in [1.165, 1.54) is 11.1 Å². The lowest BCUT2D eigenvalue weighted by atomic mass is 9.84. The normalized spacial score (nSPS) is 12.2. The van der Waals surface area contributed by atoms with Gasteiger partial charge in [0.1, 0.15) is 0 Å². The molecule has 0 radical (unpaired) electrons. The number of aryl methyl sites for hydroxylation is 2. The molecule has 0 unspecified atom stereocenters. The Hall–Kier alpha value is -2.30. The topological polar surface area (TPSA) is 54.2 Å². The summed E-state index contributed by atoms with van der Waals surface area (Å²) >= 11 is 0. The molecule has 136 valence electrons. The van der Waals surface area contributed by atoms with Gasteiger partial charge in [0.05, 0.1) is 0 Å². The van der Waals surface area contributed by atoms with Crippen molar-refractivity contribution in [3.05, 3.63) is 53.9 Å². The fraction of sp³-hybridized carbons (Fsp3) is 0.500. The van der Waals surface area contributed by atoms with Crippen molar-refractivity contribution in [1.29, 1.82) is 0 Å². The van der Waals surface area contributed by atoms with Crippen LogP contribution < -0.4 is 10.6 Å². The Morgan fingerprint density at radius 3 is 2.56 bits per heavy atom. The van der Waals surface area contributed by atoms with Gasteiger partial charge in [-0.3, -0.25) is 9.67 Å². The van der Waals surface area contributed by atoms with Crippen LogP contribution in [-0.2, 0) is 18.4 Å². The fourth-order valence-electron chi connectivity index (χ4n) is 2.70. The Kier molecular flexibility index (Phi) is 7.04. The Morgan fingerprint density at radius 1 is 1.20 bits per heavy atom. The van der Waals surface area contributed by atoms with Crippen LogP contribution in [0.1, 0.15) is 38.3 Å². The number of nitrogens with one attached hydrogen (secondary N) is 2. The number of guanidine groups is 1. The van der Waals surface area contributed by atoms with Gasteiger partial charge in [0, 0.05) is 44.5 Å². The molecule has 0 amide bonds. The van der Waals surface area contributed by atoms with Gasteiger partial charge in [-0.1, -0.05) is 45.0 Å². The molecule has 0 aliphatic heterocycles. The molecule has 1 heterocycles. The van der Waals surface area contributed by atoms with Crippen molar-refractivity contribution in [3.63, 3.8) is 0 Å². The highest BCUT2D eigenvalue weighted by Crippen LogP contribution is 2.22. The Labute approximate surface area is 151 Å². The van der Waals surface area contributed by atoms with Gasteiger partial charge in [0.15, 0.2) is 5.96 Å². The minimum atomic E-state index is 0.0406. The van der Waals surface area contributed by atoms with Crippen LogP contribution in [0, 0.1) is 0 Å². The second kappa shape index (κ2) is 9.25. The van der Waals surface area contributed by atoms with E-state index < -0.39 is 0 Å². The zero-order chi connectivity index (χ0) is 18.1. The van der Waals surface area contributed by atoms with Crippen molar-refractivity contribution >= 4 is 5.96 Å². The summed E-state index contributed by atoms with van der Waals surface area (Å²) in [6.07, 6.45) is 5.88. The highest BCUT2D eigenvalue weighted by molar-refractivity contribution is 5.79. The van der Waals surface area contributed by atoms with Gasteiger partial charge < -0.3 is 10.6 Å². The van der Waals surface area contributed by atoms with Crippen molar-refractivity contribution in [2.24, 2.45) is 4.99 Å². The molecule has 2 rings (SSSR count). The van der Waals surface area contributed by atoms with Crippen LogP contribution in [0.15, 0.2) is 47.7 Å². The van der Waals surface area contributed by atoms with E-state index in [0.717, 1.165) is 38.4 Å². The van der Waals surface area contributed by atoms with Crippen LogP contribution in [0.25, 0.3) is 0 Å². The van der Waals surface area contributed by atoms with Crippen LogP contribution in [0.3, 0.4) is 0 Å². The van der Waals surface area contributed by atoms with Gasteiger partial charge in [-0.2, -0.15) is 5.10 Å². The Morgan fingerprint density at radius 2 is 1.96 bits per heavy atom. The molecule has 0 fully saturated rings. The van der Waals surface area contributed by atoms with E-state index in [2.05, 4.69) is 65.8 Å². The molecule has 5 heteroatoms. The van der Waals surface area contributed by atoms with Crippen molar-refractivity contribution in [2.75, 3.05) is 20.1 Å². The van der Waals surface area contributed by atoms with E-state index in [1.807, 2.05) is 30.2 Å². The van der Waals surface area contributed by atoms with E-state index in [0.29, 0.717) is 0 Å². The Balaban J connectivity index is 1.78. The third kappa shape index (κ3) is 5.93. The maximum atomic E-state index is 4.32. The molecule has 0 spiro atoms. The van der Waals surface area contributed by atoms with Crippen LogP contribution in [0.2, 0.25) is 0 Å². The SMILES string of the molecule is CCc1ccc(C(C)(C)CNC(=NC)NCCCn2cccn2)cc1. The van der Waals surface area contributed by atoms with Crippen LogP contribution in [-0.4, -0.2) is 35.9 Å². The zero-order valence-electron chi connectivity index (χ0n) is 15.9. The predicted molar refractivity (Wildman–Crippen MR) is 105 cm³/mol. The molecule has 2 aromatic rings. The van der Waals surface area contributed by atoms with Gasteiger partial charge in [0.2, 0.25) is 0 Å². The number of aromatic nitrogens is 2. The van der Waals surface area contributed by atoms with Crippen LogP contribution >= 0.6 is 0 Å². The first-order valence-electron chi connectivity index (χ1n) is 9.06. The first-order chi connectivity index (χ1) is 12.0. The van der Waals surface area contributed by atoms with Gasteiger partial charge in [-0.05, 0) is 30.0 Å². The molecule has 25 heavy (non-hydrogen) atoms. The molecule has 0 atom stereocenters.